The standard InChI is InChI=1S/C26H24F4N2O3/c1-15(2)19-10-9-18(12-16(19)3)35-14-24(33)32-23-11-8-17(13-21(23)26(28,29)30)31-25(34)20-6-4-5-7-22(20)27/h4-13,15H,14H2,1-3H3,(H,31,34)(H,32,33). The second-order valence-corrected chi connectivity index (χ2v) is 8.20. The van der Waals surface area contributed by atoms with E-state index in [1.165, 1.54) is 24.3 Å². The minimum atomic E-state index is -4.83. The minimum Gasteiger partial charge on any atom is -0.484 e. The Labute approximate surface area is 200 Å². The highest BCUT2D eigenvalue weighted by atomic mass is 19.4. The molecular formula is C26H24F4N2O3. The Morgan fingerprint density at radius 3 is 2.31 bits per heavy atom. The molecule has 0 saturated heterocycles. The maximum Gasteiger partial charge on any atom is 0.418 e. The molecule has 0 aliphatic heterocycles. The van der Waals surface area contributed by atoms with Crippen molar-refractivity contribution in [1.82, 2.24) is 0 Å². The predicted octanol–water partition coefficient (Wildman–Crippen LogP) is 6.55. The lowest BCUT2D eigenvalue weighted by atomic mass is 9.98. The van der Waals surface area contributed by atoms with Crippen molar-refractivity contribution in [2.45, 2.75) is 32.9 Å². The Kier molecular flexibility index (Phi) is 7.78. The third kappa shape index (κ3) is 6.59. The van der Waals surface area contributed by atoms with E-state index >= 15 is 0 Å². The van der Waals surface area contributed by atoms with E-state index in [4.69, 9.17) is 4.74 Å². The number of aryl methyl sites for hydroxylation is 1. The van der Waals surface area contributed by atoms with E-state index < -0.39 is 41.7 Å². The molecule has 0 unspecified atom stereocenters. The van der Waals surface area contributed by atoms with Gasteiger partial charge in [-0.15, -0.1) is 0 Å². The van der Waals surface area contributed by atoms with Crippen molar-refractivity contribution in [2.75, 3.05) is 17.2 Å². The maximum absolute atomic E-state index is 13.8. The molecule has 0 radical (unpaired) electrons. The molecule has 2 amide bonds. The van der Waals surface area contributed by atoms with Gasteiger partial charge in [0.15, 0.2) is 6.61 Å². The van der Waals surface area contributed by atoms with Gasteiger partial charge in [0.2, 0.25) is 0 Å². The van der Waals surface area contributed by atoms with Gasteiger partial charge < -0.3 is 15.4 Å². The molecule has 2 N–H and O–H groups in total. The molecule has 3 rings (SSSR count). The summed E-state index contributed by atoms with van der Waals surface area (Å²) < 4.78 is 60.2. The highest BCUT2D eigenvalue weighted by molar-refractivity contribution is 6.04. The summed E-state index contributed by atoms with van der Waals surface area (Å²) in [5.74, 6) is -1.76. The van der Waals surface area contributed by atoms with E-state index in [0.717, 1.165) is 23.3 Å². The predicted molar refractivity (Wildman–Crippen MR) is 125 cm³/mol. The average Bonchev–Trinajstić information content (AvgIpc) is 2.78. The van der Waals surface area contributed by atoms with Crippen LogP contribution in [0.3, 0.4) is 0 Å². The van der Waals surface area contributed by atoms with E-state index in [1.807, 2.05) is 26.8 Å². The minimum absolute atomic E-state index is 0.208. The lowest BCUT2D eigenvalue weighted by Gasteiger charge is -2.16. The zero-order valence-electron chi connectivity index (χ0n) is 19.3. The Balaban J connectivity index is 1.72. The van der Waals surface area contributed by atoms with Crippen molar-refractivity contribution < 1.29 is 31.9 Å². The van der Waals surface area contributed by atoms with Crippen LogP contribution in [0.15, 0.2) is 60.7 Å². The van der Waals surface area contributed by atoms with Gasteiger partial charge in [0.05, 0.1) is 16.8 Å². The van der Waals surface area contributed by atoms with Gasteiger partial charge in [0, 0.05) is 5.69 Å². The van der Waals surface area contributed by atoms with E-state index in [9.17, 15) is 27.2 Å². The highest BCUT2D eigenvalue weighted by Crippen LogP contribution is 2.37. The van der Waals surface area contributed by atoms with Gasteiger partial charge in [-0.25, -0.2) is 4.39 Å². The van der Waals surface area contributed by atoms with Crippen LogP contribution in [0.1, 0.15) is 46.8 Å². The van der Waals surface area contributed by atoms with Gasteiger partial charge in [-0.1, -0.05) is 32.0 Å². The van der Waals surface area contributed by atoms with Crippen molar-refractivity contribution in [3.8, 4) is 5.75 Å². The second kappa shape index (κ2) is 10.6. The Hall–Kier alpha value is -3.88. The van der Waals surface area contributed by atoms with Crippen LogP contribution in [-0.4, -0.2) is 18.4 Å². The Morgan fingerprint density at radius 2 is 1.69 bits per heavy atom. The second-order valence-electron chi connectivity index (χ2n) is 8.20. The summed E-state index contributed by atoms with van der Waals surface area (Å²) >= 11 is 0. The molecule has 3 aromatic carbocycles. The monoisotopic (exact) mass is 488 g/mol. The molecule has 0 aromatic heterocycles. The van der Waals surface area contributed by atoms with Crippen LogP contribution in [0.5, 0.6) is 5.75 Å². The molecular weight excluding hydrogens is 464 g/mol. The molecule has 35 heavy (non-hydrogen) atoms. The summed E-state index contributed by atoms with van der Waals surface area (Å²) in [4.78, 5) is 24.5. The summed E-state index contributed by atoms with van der Waals surface area (Å²) in [5, 5.41) is 4.44. The molecule has 0 heterocycles. The molecule has 9 heteroatoms. The van der Waals surface area contributed by atoms with Gasteiger partial charge >= 0.3 is 6.18 Å². The number of alkyl halides is 3. The van der Waals surface area contributed by atoms with Crippen molar-refractivity contribution >= 4 is 23.2 Å². The first-order chi connectivity index (χ1) is 16.5. The van der Waals surface area contributed by atoms with Crippen LogP contribution in [0.2, 0.25) is 0 Å². The maximum atomic E-state index is 13.8. The van der Waals surface area contributed by atoms with E-state index in [1.54, 1.807) is 12.1 Å². The van der Waals surface area contributed by atoms with Crippen LogP contribution in [0, 0.1) is 12.7 Å². The Morgan fingerprint density at radius 1 is 0.971 bits per heavy atom. The fourth-order valence-corrected chi connectivity index (χ4v) is 3.53. The SMILES string of the molecule is Cc1cc(OCC(=O)Nc2ccc(NC(=O)c3ccccc3F)cc2C(F)(F)F)ccc1C(C)C. The number of halogens is 4. The fourth-order valence-electron chi connectivity index (χ4n) is 3.53. The van der Waals surface area contributed by atoms with Crippen molar-refractivity contribution in [3.05, 3.63) is 88.7 Å². The van der Waals surface area contributed by atoms with Crippen LogP contribution in [0.25, 0.3) is 0 Å². The van der Waals surface area contributed by atoms with E-state index in [-0.39, 0.29) is 11.3 Å². The van der Waals surface area contributed by atoms with Gasteiger partial charge in [-0.2, -0.15) is 13.2 Å². The lowest BCUT2D eigenvalue weighted by Crippen LogP contribution is -2.23. The largest absolute Gasteiger partial charge is 0.484 e. The number of ether oxygens (including phenoxy) is 1. The number of hydrogen-bond acceptors (Lipinski definition) is 3. The van der Waals surface area contributed by atoms with Crippen LogP contribution in [-0.2, 0) is 11.0 Å². The fraction of sp³-hybridized carbons (Fsp3) is 0.231. The summed E-state index contributed by atoms with van der Waals surface area (Å²) in [7, 11) is 0. The van der Waals surface area contributed by atoms with Crippen LogP contribution >= 0.6 is 0 Å². The van der Waals surface area contributed by atoms with Crippen LogP contribution < -0.4 is 15.4 Å². The van der Waals surface area contributed by atoms with Crippen LogP contribution in [0.4, 0.5) is 28.9 Å². The number of benzene rings is 3. The molecule has 184 valence electrons. The third-order valence-corrected chi connectivity index (χ3v) is 5.21. The smallest absolute Gasteiger partial charge is 0.418 e. The summed E-state index contributed by atoms with van der Waals surface area (Å²) in [6.45, 7) is 5.50. The summed E-state index contributed by atoms with van der Waals surface area (Å²) in [5.41, 5.74) is -0.0903. The normalized spacial score (nSPS) is 11.3. The average molecular weight is 488 g/mol. The Bertz CT molecular complexity index is 1240. The van der Waals surface area contributed by atoms with Gasteiger partial charge in [-0.3, -0.25) is 9.59 Å². The first kappa shape index (κ1) is 25.7. The molecule has 0 aliphatic carbocycles. The number of carbonyl (C=O) groups excluding carboxylic acids is 2. The molecule has 0 atom stereocenters. The van der Waals surface area contributed by atoms with Gasteiger partial charge in [0.25, 0.3) is 11.8 Å². The van der Waals surface area contributed by atoms with Crippen molar-refractivity contribution in [1.29, 1.82) is 0 Å². The quantitative estimate of drug-likeness (QED) is 0.371. The first-order valence-electron chi connectivity index (χ1n) is 10.8. The number of hydrogen-bond donors (Lipinski definition) is 2. The van der Waals surface area contributed by atoms with Crippen molar-refractivity contribution in [2.24, 2.45) is 0 Å². The molecule has 0 spiro atoms. The molecule has 5 nitrogen and oxygen atoms in total. The zero-order chi connectivity index (χ0) is 25.8. The molecule has 0 bridgehead atoms. The van der Waals surface area contributed by atoms with E-state index in [2.05, 4.69) is 10.6 Å². The number of nitrogens with one attached hydrogen (secondary N) is 2. The first-order valence-corrected chi connectivity index (χ1v) is 10.8. The molecule has 0 fully saturated rings. The summed E-state index contributed by atoms with van der Waals surface area (Å²) in [6, 6.07) is 13.3. The zero-order valence-corrected chi connectivity index (χ0v) is 19.3. The lowest BCUT2D eigenvalue weighted by molar-refractivity contribution is -0.137. The number of anilines is 2. The van der Waals surface area contributed by atoms with Crippen molar-refractivity contribution in [3.63, 3.8) is 0 Å². The summed E-state index contributed by atoms with van der Waals surface area (Å²) in [6.07, 6.45) is -4.83. The van der Waals surface area contributed by atoms with Gasteiger partial charge in [0.1, 0.15) is 11.6 Å². The molecule has 3 aromatic rings. The molecule has 0 saturated carbocycles. The van der Waals surface area contributed by atoms with Gasteiger partial charge in [-0.05, 0) is 66.4 Å². The third-order valence-electron chi connectivity index (χ3n) is 5.21. The topological polar surface area (TPSA) is 67.4 Å². The number of amides is 2. The van der Waals surface area contributed by atoms with E-state index in [0.29, 0.717) is 17.7 Å². The molecule has 0 aliphatic rings. The number of carbonyl (C=O) groups is 2. The highest BCUT2D eigenvalue weighted by Gasteiger charge is 2.34. The number of rotatable bonds is 7.